The minimum Gasteiger partial charge on any atom is -0.432 e. The Bertz CT molecular complexity index is 383. The van der Waals surface area contributed by atoms with Gasteiger partial charge in [-0.2, -0.15) is 8.78 Å². The average Bonchev–Trinajstić information content (AvgIpc) is 2.14. The first-order chi connectivity index (χ1) is 7.83. The van der Waals surface area contributed by atoms with Gasteiger partial charge in [0.15, 0.2) is 11.5 Å². The molecule has 0 fully saturated rings. The third-order valence-corrected chi connectivity index (χ3v) is 1.57. The number of rotatable bonds is 4. The summed E-state index contributed by atoms with van der Waals surface area (Å²) in [7, 11) is 0. The van der Waals surface area contributed by atoms with E-state index in [9.17, 15) is 22.0 Å². The normalized spacial score (nSPS) is 11.5. The number of hydrazine groups is 1. The summed E-state index contributed by atoms with van der Waals surface area (Å²) >= 11 is 0. The zero-order valence-corrected chi connectivity index (χ0v) is 8.09. The molecule has 1 rings (SSSR count). The van der Waals surface area contributed by atoms with Crippen molar-refractivity contribution in [2.24, 2.45) is 5.84 Å². The first-order valence-corrected chi connectivity index (χ1v) is 4.13. The number of halogens is 5. The van der Waals surface area contributed by atoms with Gasteiger partial charge in [-0.25, -0.2) is 0 Å². The lowest BCUT2D eigenvalue weighted by atomic mass is 10.2. The molecule has 0 radical (unpaired) electrons. The SMILES string of the molecule is NNc1c(OC(F)F)cccc1OC(F)(F)F. The van der Waals surface area contributed by atoms with Crippen LogP contribution in [0, 0.1) is 0 Å². The Hall–Kier alpha value is -1.77. The molecule has 1 aromatic rings. The van der Waals surface area contributed by atoms with Crippen molar-refractivity contribution in [1.82, 2.24) is 0 Å². The monoisotopic (exact) mass is 258 g/mol. The summed E-state index contributed by atoms with van der Waals surface area (Å²) in [4.78, 5) is 0. The van der Waals surface area contributed by atoms with E-state index in [4.69, 9.17) is 5.84 Å². The molecule has 0 saturated heterocycles. The number of ether oxygens (including phenoxy) is 2. The van der Waals surface area contributed by atoms with Gasteiger partial charge in [-0.3, -0.25) is 5.84 Å². The lowest BCUT2D eigenvalue weighted by Crippen LogP contribution is -2.20. The Morgan fingerprint density at radius 2 is 1.76 bits per heavy atom. The van der Waals surface area contributed by atoms with Crippen molar-refractivity contribution >= 4 is 5.69 Å². The molecule has 0 aliphatic heterocycles. The minimum atomic E-state index is -4.96. The molecule has 0 aromatic heterocycles. The summed E-state index contributed by atoms with van der Waals surface area (Å²) in [6, 6.07) is 2.98. The van der Waals surface area contributed by atoms with E-state index in [-0.39, 0.29) is 0 Å². The summed E-state index contributed by atoms with van der Waals surface area (Å²) in [6.07, 6.45) is -4.96. The number of anilines is 1. The molecule has 0 heterocycles. The highest BCUT2D eigenvalue weighted by molar-refractivity contribution is 5.65. The van der Waals surface area contributed by atoms with E-state index in [1.54, 1.807) is 0 Å². The van der Waals surface area contributed by atoms with Crippen molar-refractivity contribution in [2.75, 3.05) is 5.43 Å². The molecule has 4 nitrogen and oxygen atoms in total. The predicted molar refractivity (Wildman–Crippen MR) is 47.6 cm³/mol. The van der Waals surface area contributed by atoms with Gasteiger partial charge < -0.3 is 14.9 Å². The smallest absolute Gasteiger partial charge is 0.432 e. The molecule has 17 heavy (non-hydrogen) atoms. The number of hydrogen-bond acceptors (Lipinski definition) is 4. The van der Waals surface area contributed by atoms with Gasteiger partial charge in [0, 0.05) is 0 Å². The molecular weight excluding hydrogens is 251 g/mol. The highest BCUT2D eigenvalue weighted by atomic mass is 19.4. The number of nitrogens with two attached hydrogens (primary N) is 1. The van der Waals surface area contributed by atoms with Gasteiger partial charge in [0.2, 0.25) is 0 Å². The van der Waals surface area contributed by atoms with E-state index in [1.165, 1.54) is 0 Å². The van der Waals surface area contributed by atoms with Crippen molar-refractivity contribution < 1.29 is 31.4 Å². The van der Waals surface area contributed by atoms with E-state index in [2.05, 4.69) is 9.47 Å². The van der Waals surface area contributed by atoms with Crippen molar-refractivity contribution in [3.05, 3.63) is 18.2 Å². The molecule has 9 heteroatoms. The van der Waals surface area contributed by atoms with Crippen LogP contribution in [-0.4, -0.2) is 13.0 Å². The molecule has 0 atom stereocenters. The van der Waals surface area contributed by atoms with Crippen LogP contribution in [0.2, 0.25) is 0 Å². The number of nitrogen functional groups attached to an aromatic ring is 1. The van der Waals surface area contributed by atoms with Crippen LogP contribution in [0.1, 0.15) is 0 Å². The Morgan fingerprint density at radius 1 is 1.18 bits per heavy atom. The van der Waals surface area contributed by atoms with Crippen LogP contribution in [-0.2, 0) is 0 Å². The van der Waals surface area contributed by atoms with Crippen LogP contribution in [0.5, 0.6) is 11.5 Å². The first kappa shape index (κ1) is 13.3. The Morgan fingerprint density at radius 3 is 2.24 bits per heavy atom. The van der Waals surface area contributed by atoms with Crippen LogP contribution in [0.25, 0.3) is 0 Å². The number of hydrogen-bond donors (Lipinski definition) is 2. The van der Waals surface area contributed by atoms with Gasteiger partial charge in [0.1, 0.15) is 5.69 Å². The Kier molecular flexibility index (Phi) is 3.94. The lowest BCUT2D eigenvalue weighted by molar-refractivity contribution is -0.274. The van der Waals surface area contributed by atoms with E-state index >= 15 is 0 Å². The summed E-state index contributed by atoms with van der Waals surface area (Å²) in [5, 5.41) is 0. The third-order valence-electron chi connectivity index (χ3n) is 1.57. The van der Waals surface area contributed by atoms with Crippen molar-refractivity contribution in [2.45, 2.75) is 13.0 Å². The highest BCUT2D eigenvalue weighted by Crippen LogP contribution is 2.37. The van der Waals surface area contributed by atoms with Gasteiger partial charge in [-0.05, 0) is 12.1 Å². The molecule has 0 aliphatic rings. The predicted octanol–water partition coefficient (Wildman–Crippen LogP) is 2.47. The zero-order valence-electron chi connectivity index (χ0n) is 8.09. The fraction of sp³-hybridized carbons (Fsp3) is 0.250. The van der Waals surface area contributed by atoms with Crippen LogP contribution in [0.3, 0.4) is 0 Å². The van der Waals surface area contributed by atoms with Crippen LogP contribution >= 0.6 is 0 Å². The molecule has 0 aliphatic carbocycles. The van der Waals surface area contributed by atoms with Crippen LogP contribution in [0.4, 0.5) is 27.6 Å². The van der Waals surface area contributed by atoms with Gasteiger partial charge in [-0.1, -0.05) is 6.07 Å². The number of nitrogens with one attached hydrogen (secondary N) is 1. The Balaban J connectivity index is 3.05. The van der Waals surface area contributed by atoms with Gasteiger partial charge in [0.05, 0.1) is 0 Å². The number of benzene rings is 1. The second-order valence-electron chi connectivity index (χ2n) is 2.70. The molecule has 96 valence electrons. The van der Waals surface area contributed by atoms with E-state index < -0.39 is 30.2 Å². The zero-order chi connectivity index (χ0) is 13.1. The molecule has 0 bridgehead atoms. The fourth-order valence-electron chi connectivity index (χ4n) is 1.06. The number of para-hydroxylation sites is 1. The molecular formula is C8H7F5N2O2. The average molecular weight is 258 g/mol. The van der Waals surface area contributed by atoms with Gasteiger partial charge in [0.25, 0.3) is 0 Å². The second kappa shape index (κ2) is 5.04. The molecule has 0 spiro atoms. The third kappa shape index (κ3) is 3.94. The second-order valence-corrected chi connectivity index (χ2v) is 2.70. The Labute approximate surface area is 92.1 Å². The summed E-state index contributed by atoms with van der Waals surface area (Å²) in [5.74, 6) is 3.61. The summed E-state index contributed by atoms with van der Waals surface area (Å²) in [6.45, 7) is -3.19. The van der Waals surface area contributed by atoms with Crippen molar-refractivity contribution in [3.8, 4) is 11.5 Å². The maximum atomic E-state index is 12.0. The highest BCUT2D eigenvalue weighted by Gasteiger charge is 2.32. The van der Waals surface area contributed by atoms with Crippen LogP contribution in [0.15, 0.2) is 18.2 Å². The van der Waals surface area contributed by atoms with E-state index in [0.29, 0.717) is 0 Å². The molecule has 3 N–H and O–H groups in total. The standard InChI is InChI=1S/C8H7F5N2O2/c9-7(10)16-4-2-1-3-5(6(4)15-14)17-8(11,12)13/h1-3,7,15H,14H2. The fourth-order valence-corrected chi connectivity index (χ4v) is 1.06. The van der Waals surface area contributed by atoms with Crippen molar-refractivity contribution in [3.63, 3.8) is 0 Å². The first-order valence-electron chi connectivity index (χ1n) is 4.13. The van der Waals surface area contributed by atoms with E-state index in [0.717, 1.165) is 18.2 Å². The van der Waals surface area contributed by atoms with Gasteiger partial charge >= 0.3 is 13.0 Å². The lowest BCUT2D eigenvalue weighted by Gasteiger charge is -2.15. The minimum absolute atomic E-state index is 0.523. The molecule has 0 unspecified atom stereocenters. The largest absolute Gasteiger partial charge is 0.573 e. The molecule has 1 aromatic carbocycles. The summed E-state index contributed by atoms with van der Waals surface area (Å²) < 4.78 is 67.4. The quantitative estimate of drug-likeness (QED) is 0.495. The topological polar surface area (TPSA) is 56.5 Å². The van der Waals surface area contributed by atoms with E-state index in [1.807, 2.05) is 5.43 Å². The summed E-state index contributed by atoms with van der Waals surface area (Å²) in [5.41, 5.74) is 1.29. The van der Waals surface area contributed by atoms with Crippen molar-refractivity contribution in [1.29, 1.82) is 0 Å². The molecule has 0 saturated carbocycles. The maximum Gasteiger partial charge on any atom is 0.573 e. The molecule has 0 amide bonds. The number of alkyl halides is 5. The van der Waals surface area contributed by atoms with Crippen LogP contribution < -0.4 is 20.7 Å². The maximum absolute atomic E-state index is 12.0. The van der Waals surface area contributed by atoms with Gasteiger partial charge in [-0.15, -0.1) is 13.2 Å².